The monoisotopic (exact) mass is 362 g/mol. The van der Waals surface area contributed by atoms with E-state index in [2.05, 4.69) is 21.2 Å². The maximum atomic E-state index is 12.2. The van der Waals surface area contributed by atoms with Crippen LogP contribution in [-0.2, 0) is 11.3 Å². The van der Waals surface area contributed by atoms with Crippen LogP contribution in [0.5, 0.6) is 0 Å². The molecule has 0 radical (unpaired) electrons. The lowest BCUT2D eigenvalue weighted by Crippen LogP contribution is -2.50. The molecule has 20 heavy (non-hydrogen) atoms. The summed E-state index contributed by atoms with van der Waals surface area (Å²) in [6, 6.07) is 1.68. The van der Waals surface area contributed by atoms with Gasteiger partial charge in [-0.1, -0.05) is 0 Å². The van der Waals surface area contributed by atoms with Gasteiger partial charge in [-0.25, -0.2) is 4.79 Å². The number of urea groups is 1. The van der Waals surface area contributed by atoms with Crippen molar-refractivity contribution in [3.05, 3.63) is 20.8 Å². The molecule has 0 atom stereocenters. The molecule has 7 heteroatoms. The minimum absolute atomic E-state index is 0.0621. The predicted molar refractivity (Wildman–Crippen MR) is 83.0 cm³/mol. The lowest BCUT2D eigenvalue weighted by Gasteiger charge is -2.35. The second-order valence-corrected chi connectivity index (χ2v) is 7.17. The Labute approximate surface area is 131 Å². The number of hydrogen-bond acceptors (Lipinski definition) is 3. The van der Waals surface area contributed by atoms with Gasteiger partial charge in [0.25, 0.3) is 0 Å². The molecule has 0 saturated carbocycles. The molecule has 112 valence electrons. The first kappa shape index (κ1) is 17.0. The third-order valence-electron chi connectivity index (χ3n) is 2.70. The van der Waals surface area contributed by atoms with Gasteiger partial charge < -0.3 is 15.3 Å². The number of nitrogens with one attached hydrogen (secondary N) is 1. The number of carboxylic acids is 1. The first-order valence-electron chi connectivity index (χ1n) is 6.21. The average molecular weight is 363 g/mol. The summed E-state index contributed by atoms with van der Waals surface area (Å²) >= 11 is 4.97. The third-order valence-corrected chi connectivity index (χ3v) is 4.62. The Bertz CT molecular complexity index is 482. The van der Waals surface area contributed by atoms with Crippen LogP contribution in [0.1, 0.15) is 32.1 Å². The molecule has 0 unspecified atom stereocenters. The highest BCUT2D eigenvalue weighted by Gasteiger charge is 2.26. The zero-order valence-electron chi connectivity index (χ0n) is 11.8. The molecule has 0 aliphatic carbocycles. The number of thiophene rings is 1. The van der Waals surface area contributed by atoms with Gasteiger partial charge in [-0.2, -0.15) is 0 Å². The maximum absolute atomic E-state index is 12.2. The van der Waals surface area contributed by atoms with Crippen LogP contribution in [0.2, 0.25) is 0 Å². The van der Waals surface area contributed by atoms with Gasteiger partial charge in [-0.15, -0.1) is 11.3 Å². The number of halogens is 1. The molecular formula is C13H19BrN2O3S. The van der Waals surface area contributed by atoms with Crippen molar-refractivity contribution in [3.63, 3.8) is 0 Å². The Balaban J connectivity index is 2.64. The number of aliphatic carboxylic acids is 1. The molecule has 0 fully saturated rings. The van der Waals surface area contributed by atoms with E-state index in [1.807, 2.05) is 32.2 Å². The zero-order chi connectivity index (χ0) is 15.3. The van der Waals surface area contributed by atoms with E-state index in [0.29, 0.717) is 6.54 Å². The van der Waals surface area contributed by atoms with E-state index in [1.165, 1.54) is 0 Å². The van der Waals surface area contributed by atoms with Crippen molar-refractivity contribution >= 4 is 39.3 Å². The van der Waals surface area contributed by atoms with Gasteiger partial charge in [0.05, 0.1) is 13.0 Å². The molecule has 1 aromatic rings. The summed E-state index contributed by atoms with van der Waals surface area (Å²) in [6.45, 7) is 6.27. The Morgan fingerprint density at radius 3 is 2.55 bits per heavy atom. The van der Waals surface area contributed by atoms with Crippen LogP contribution in [0.3, 0.4) is 0 Å². The largest absolute Gasteiger partial charge is 0.481 e. The van der Waals surface area contributed by atoms with Gasteiger partial charge in [-0.3, -0.25) is 4.79 Å². The number of carboxylic acid groups (broad SMARTS) is 1. The summed E-state index contributed by atoms with van der Waals surface area (Å²) in [5.74, 6) is -0.909. The minimum atomic E-state index is -0.909. The highest BCUT2D eigenvalue weighted by atomic mass is 79.9. The molecule has 1 aromatic heterocycles. The van der Waals surface area contributed by atoms with Crippen molar-refractivity contribution in [1.82, 2.24) is 10.2 Å². The fraction of sp³-hybridized carbons (Fsp3) is 0.538. The highest BCUT2D eigenvalue weighted by molar-refractivity contribution is 9.10. The smallest absolute Gasteiger partial charge is 0.318 e. The Morgan fingerprint density at radius 2 is 2.10 bits per heavy atom. The quantitative estimate of drug-likeness (QED) is 0.843. The normalized spacial score (nSPS) is 11.2. The standard InChI is InChI=1S/C13H19BrN2O3S/c1-13(2,3)16(6-4-11(17)18)12(19)15-8-10-9(14)5-7-20-10/h5,7H,4,6,8H2,1-3H3,(H,15,19)(H,17,18). The number of carbonyl (C=O) groups excluding carboxylic acids is 1. The van der Waals surface area contributed by atoms with E-state index >= 15 is 0 Å². The Kier molecular flexibility index (Phi) is 6.01. The number of hydrogen-bond donors (Lipinski definition) is 2. The molecule has 0 saturated heterocycles. The van der Waals surface area contributed by atoms with Crippen molar-refractivity contribution in [2.24, 2.45) is 0 Å². The summed E-state index contributed by atoms with van der Waals surface area (Å²) in [5, 5.41) is 13.5. The summed E-state index contributed by atoms with van der Waals surface area (Å²) in [6.07, 6.45) is -0.0621. The second kappa shape index (κ2) is 7.08. The van der Waals surface area contributed by atoms with Gasteiger partial charge in [0, 0.05) is 21.4 Å². The van der Waals surface area contributed by atoms with Crippen LogP contribution in [0.25, 0.3) is 0 Å². The number of nitrogens with zero attached hydrogens (tertiary/aromatic N) is 1. The summed E-state index contributed by atoms with van der Waals surface area (Å²) in [4.78, 5) is 25.5. The van der Waals surface area contributed by atoms with Crippen molar-refractivity contribution < 1.29 is 14.7 Å². The molecule has 0 aliphatic heterocycles. The van der Waals surface area contributed by atoms with Crippen molar-refractivity contribution in [3.8, 4) is 0 Å². The van der Waals surface area contributed by atoms with Crippen molar-refractivity contribution in [2.45, 2.75) is 39.3 Å². The number of amides is 2. The van der Waals surface area contributed by atoms with Gasteiger partial charge >= 0.3 is 12.0 Å². The molecule has 1 heterocycles. The van der Waals surface area contributed by atoms with E-state index in [0.717, 1.165) is 9.35 Å². The van der Waals surface area contributed by atoms with E-state index in [1.54, 1.807) is 16.2 Å². The maximum Gasteiger partial charge on any atom is 0.318 e. The van der Waals surface area contributed by atoms with E-state index < -0.39 is 11.5 Å². The summed E-state index contributed by atoms with van der Waals surface area (Å²) < 4.78 is 0.968. The fourth-order valence-corrected chi connectivity index (χ4v) is 3.08. The Morgan fingerprint density at radius 1 is 1.45 bits per heavy atom. The molecule has 5 nitrogen and oxygen atoms in total. The van der Waals surface area contributed by atoms with Crippen LogP contribution in [-0.4, -0.2) is 34.1 Å². The topological polar surface area (TPSA) is 69.6 Å². The lowest BCUT2D eigenvalue weighted by atomic mass is 10.1. The van der Waals surface area contributed by atoms with Gasteiger partial charge in [0.1, 0.15) is 0 Å². The molecule has 0 aliphatic rings. The highest BCUT2D eigenvalue weighted by Crippen LogP contribution is 2.22. The number of carbonyl (C=O) groups is 2. The van der Waals surface area contributed by atoms with Crippen LogP contribution in [0.4, 0.5) is 4.79 Å². The fourth-order valence-electron chi connectivity index (χ4n) is 1.65. The molecule has 2 amide bonds. The van der Waals surface area contributed by atoms with Crippen molar-refractivity contribution in [2.75, 3.05) is 6.54 Å². The van der Waals surface area contributed by atoms with Crippen molar-refractivity contribution in [1.29, 1.82) is 0 Å². The van der Waals surface area contributed by atoms with E-state index in [9.17, 15) is 9.59 Å². The summed E-state index contributed by atoms with van der Waals surface area (Å²) in [5.41, 5.74) is -0.424. The van der Waals surface area contributed by atoms with Gasteiger partial charge in [0.15, 0.2) is 0 Å². The second-order valence-electron chi connectivity index (χ2n) is 5.32. The predicted octanol–water partition coefficient (Wildman–Crippen LogP) is 3.30. The summed E-state index contributed by atoms with van der Waals surface area (Å²) in [7, 11) is 0. The van der Waals surface area contributed by atoms with Crippen LogP contribution >= 0.6 is 27.3 Å². The van der Waals surface area contributed by atoms with Crippen LogP contribution in [0, 0.1) is 0 Å². The van der Waals surface area contributed by atoms with Crippen LogP contribution in [0.15, 0.2) is 15.9 Å². The minimum Gasteiger partial charge on any atom is -0.481 e. The molecule has 2 N–H and O–H groups in total. The van der Waals surface area contributed by atoms with Gasteiger partial charge in [0.2, 0.25) is 0 Å². The molecule has 0 aromatic carbocycles. The van der Waals surface area contributed by atoms with E-state index in [-0.39, 0.29) is 19.0 Å². The number of rotatable bonds is 5. The molecular weight excluding hydrogens is 344 g/mol. The average Bonchev–Trinajstić information content (AvgIpc) is 2.70. The molecule has 0 bridgehead atoms. The lowest BCUT2D eigenvalue weighted by molar-refractivity contribution is -0.137. The van der Waals surface area contributed by atoms with Gasteiger partial charge in [-0.05, 0) is 48.1 Å². The van der Waals surface area contributed by atoms with Crippen LogP contribution < -0.4 is 5.32 Å². The SMILES string of the molecule is CC(C)(C)N(CCC(=O)O)C(=O)NCc1sccc1Br. The Hall–Kier alpha value is -1.08. The first-order chi connectivity index (χ1) is 9.21. The van der Waals surface area contributed by atoms with E-state index in [4.69, 9.17) is 5.11 Å². The zero-order valence-corrected chi connectivity index (χ0v) is 14.2. The molecule has 0 spiro atoms. The molecule has 1 rings (SSSR count). The first-order valence-corrected chi connectivity index (χ1v) is 7.88. The third kappa shape index (κ3) is 5.13.